The number of nitrogens with one attached hydrogen (secondary N) is 3. The maximum absolute atomic E-state index is 13.5. The van der Waals surface area contributed by atoms with E-state index in [1.165, 1.54) is 29.5 Å². The van der Waals surface area contributed by atoms with Gasteiger partial charge in [0.15, 0.2) is 0 Å². The monoisotopic (exact) mass is 587 g/mol. The highest BCUT2D eigenvalue weighted by Gasteiger charge is 2.26. The second kappa shape index (κ2) is 14.8. The molecule has 0 unspecified atom stereocenters. The maximum Gasteiger partial charge on any atom is 0.254 e. The molecule has 1 fully saturated rings. The van der Waals surface area contributed by atoms with Crippen molar-refractivity contribution in [3.05, 3.63) is 144 Å². The molecule has 3 aromatic carbocycles. The molecule has 1 amide bonds. The van der Waals surface area contributed by atoms with E-state index >= 15 is 0 Å². The molecule has 1 aliphatic rings. The van der Waals surface area contributed by atoms with Crippen LogP contribution in [0, 0.1) is 0 Å². The molecule has 5 aromatic rings. The van der Waals surface area contributed by atoms with E-state index in [9.17, 15) is 4.79 Å². The molecule has 226 valence electrons. The first-order chi connectivity index (χ1) is 21.7. The number of benzene rings is 3. The van der Waals surface area contributed by atoms with Crippen LogP contribution in [0.25, 0.3) is 0 Å². The zero-order valence-electron chi connectivity index (χ0n) is 25.1. The van der Waals surface area contributed by atoms with Crippen molar-refractivity contribution in [1.29, 1.82) is 0 Å². The van der Waals surface area contributed by atoms with Crippen LogP contribution < -0.4 is 5.32 Å². The fourth-order valence-corrected chi connectivity index (χ4v) is 6.13. The lowest BCUT2D eigenvalue weighted by Gasteiger charge is -2.37. The lowest BCUT2D eigenvalue weighted by atomic mass is 9.89. The van der Waals surface area contributed by atoms with Crippen LogP contribution in [0.1, 0.15) is 64.4 Å². The van der Waals surface area contributed by atoms with Gasteiger partial charge in [0, 0.05) is 62.1 Å². The molecule has 0 atom stereocenters. The number of carbonyl (C=O) groups excluding carboxylic acids is 1. The molecule has 0 bridgehead atoms. The molecule has 1 aliphatic carbocycles. The number of H-pyrrole nitrogens is 2. The Kier molecular flexibility index (Phi) is 9.92. The number of amides is 1. The third-order valence-electron chi connectivity index (χ3n) is 8.54. The fourth-order valence-electron chi connectivity index (χ4n) is 6.13. The molecule has 0 spiro atoms. The molecule has 6 rings (SSSR count). The SMILES string of the molecule is O=C(c1ccc(CNC2CCC(N(Cc3ccccc3)Cc3ccccc3)CC2)cc1)N(Cc1ncc[nH]1)Cc1ncc[nH]1. The van der Waals surface area contributed by atoms with E-state index in [0.717, 1.165) is 44.1 Å². The van der Waals surface area contributed by atoms with Gasteiger partial charge in [-0.25, -0.2) is 9.97 Å². The first kappa shape index (κ1) is 29.5. The number of aromatic nitrogens is 4. The fraction of sp³-hybridized carbons (Fsp3) is 0.306. The van der Waals surface area contributed by atoms with Crippen LogP contribution in [-0.2, 0) is 32.7 Å². The van der Waals surface area contributed by atoms with Gasteiger partial charge in [0.25, 0.3) is 5.91 Å². The average Bonchev–Trinajstić information content (AvgIpc) is 3.79. The summed E-state index contributed by atoms with van der Waals surface area (Å²) in [5.74, 6) is 1.43. The Bertz CT molecular complexity index is 1450. The highest BCUT2D eigenvalue weighted by atomic mass is 16.2. The zero-order valence-corrected chi connectivity index (χ0v) is 25.1. The van der Waals surface area contributed by atoms with Gasteiger partial charge in [-0.05, 0) is 54.5 Å². The van der Waals surface area contributed by atoms with Gasteiger partial charge in [0.1, 0.15) is 11.6 Å². The summed E-state index contributed by atoms with van der Waals surface area (Å²) in [5.41, 5.74) is 4.58. The minimum atomic E-state index is -0.0498. The van der Waals surface area contributed by atoms with Crippen LogP contribution >= 0.6 is 0 Å². The third-order valence-corrected chi connectivity index (χ3v) is 8.54. The number of hydrogen-bond acceptors (Lipinski definition) is 5. The molecule has 3 N–H and O–H groups in total. The van der Waals surface area contributed by atoms with Crippen LogP contribution in [0.2, 0.25) is 0 Å². The number of carbonyl (C=O) groups is 1. The standard InChI is InChI=1S/C36H41N7O/c44-36(43(26-34-37-19-20-38-34)27-35-39-21-22-40-35)31-13-11-28(12-14-31)23-41-32-15-17-33(18-16-32)42(24-29-7-3-1-4-8-29)25-30-9-5-2-6-10-30/h1-14,19-22,32-33,41H,15-18,23-27H2,(H,37,38)(H,39,40). The van der Waals surface area contributed by atoms with E-state index in [2.05, 4.69) is 103 Å². The number of hydrogen-bond donors (Lipinski definition) is 3. The second-order valence-corrected chi connectivity index (χ2v) is 11.7. The molecular formula is C36H41N7O. The molecule has 0 radical (unpaired) electrons. The Morgan fingerprint density at radius 1 is 0.682 bits per heavy atom. The second-order valence-electron chi connectivity index (χ2n) is 11.7. The predicted molar refractivity (Wildman–Crippen MR) is 172 cm³/mol. The first-order valence-electron chi connectivity index (χ1n) is 15.6. The quantitative estimate of drug-likeness (QED) is 0.155. The summed E-state index contributed by atoms with van der Waals surface area (Å²) in [6.45, 7) is 3.51. The van der Waals surface area contributed by atoms with Gasteiger partial charge < -0.3 is 20.2 Å². The number of nitrogens with zero attached hydrogens (tertiary/aromatic N) is 4. The highest BCUT2D eigenvalue weighted by Crippen LogP contribution is 2.27. The van der Waals surface area contributed by atoms with Gasteiger partial charge in [0.2, 0.25) is 0 Å². The van der Waals surface area contributed by atoms with Gasteiger partial charge >= 0.3 is 0 Å². The van der Waals surface area contributed by atoms with Crippen molar-refractivity contribution < 1.29 is 4.79 Å². The first-order valence-corrected chi connectivity index (χ1v) is 15.6. The van der Waals surface area contributed by atoms with Crippen molar-refractivity contribution in [3.63, 3.8) is 0 Å². The van der Waals surface area contributed by atoms with Gasteiger partial charge in [-0.15, -0.1) is 0 Å². The third kappa shape index (κ3) is 8.09. The van der Waals surface area contributed by atoms with Crippen LogP contribution in [0.3, 0.4) is 0 Å². The minimum Gasteiger partial charge on any atom is -0.347 e. The summed E-state index contributed by atoms with van der Waals surface area (Å²) in [5, 5.41) is 3.79. The predicted octanol–water partition coefficient (Wildman–Crippen LogP) is 6.08. The Hall–Kier alpha value is -4.53. The van der Waals surface area contributed by atoms with Crippen molar-refractivity contribution in [2.24, 2.45) is 0 Å². The normalized spacial score (nSPS) is 16.7. The van der Waals surface area contributed by atoms with Crippen LogP contribution in [0.5, 0.6) is 0 Å². The maximum atomic E-state index is 13.5. The van der Waals surface area contributed by atoms with Gasteiger partial charge in [-0.1, -0.05) is 72.8 Å². The molecule has 8 nitrogen and oxygen atoms in total. The molecule has 1 saturated carbocycles. The van der Waals surface area contributed by atoms with Crippen LogP contribution in [-0.4, -0.2) is 47.7 Å². The van der Waals surface area contributed by atoms with Gasteiger partial charge in [-0.2, -0.15) is 0 Å². The van der Waals surface area contributed by atoms with Crippen molar-refractivity contribution in [1.82, 2.24) is 35.1 Å². The summed E-state index contributed by atoms with van der Waals surface area (Å²) in [6, 6.07) is 30.7. The molecule has 0 saturated heterocycles. The lowest BCUT2D eigenvalue weighted by Crippen LogP contribution is -2.41. The van der Waals surface area contributed by atoms with E-state index < -0.39 is 0 Å². The van der Waals surface area contributed by atoms with Crippen molar-refractivity contribution in [3.8, 4) is 0 Å². The van der Waals surface area contributed by atoms with Crippen LogP contribution in [0.4, 0.5) is 0 Å². The number of rotatable bonds is 13. The summed E-state index contributed by atoms with van der Waals surface area (Å²) >= 11 is 0. The van der Waals surface area contributed by atoms with Gasteiger partial charge in [0.05, 0.1) is 13.1 Å². The Balaban J connectivity index is 1.02. The van der Waals surface area contributed by atoms with E-state index in [1.54, 1.807) is 29.7 Å². The number of imidazole rings is 2. The molecule has 2 aromatic heterocycles. The molecular weight excluding hydrogens is 546 g/mol. The number of aromatic amines is 2. The summed E-state index contributed by atoms with van der Waals surface area (Å²) < 4.78 is 0. The zero-order chi connectivity index (χ0) is 30.0. The molecule has 8 heteroatoms. The largest absolute Gasteiger partial charge is 0.347 e. The average molecular weight is 588 g/mol. The van der Waals surface area contributed by atoms with E-state index in [4.69, 9.17) is 0 Å². The Morgan fingerprint density at radius 3 is 1.73 bits per heavy atom. The minimum absolute atomic E-state index is 0.0498. The van der Waals surface area contributed by atoms with E-state index in [-0.39, 0.29) is 5.91 Å². The lowest BCUT2D eigenvalue weighted by molar-refractivity contribution is 0.0721. The molecule has 0 aliphatic heterocycles. The summed E-state index contributed by atoms with van der Waals surface area (Å²) in [4.78, 5) is 32.7. The van der Waals surface area contributed by atoms with Crippen LogP contribution in [0.15, 0.2) is 110 Å². The Morgan fingerprint density at radius 2 is 1.23 bits per heavy atom. The van der Waals surface area contributed by atoms with Crippen molar-refractivity contribution in [2.45, 2.75) is 70.5 Å². The van der Waals surface area contributed by atoms with Crippen molar-refractivity contribution in [2.75, 3.05) is 0 Å². The van der Waals surface area contributed by atoms with Gasteiger partial charge in [-0.3, -0.25) is 9.69 Å². The summed E-state index contributed by atoms with van der Waals surface area (Å²) in [6.07, 6.45) is 11.6. The topological polar surface area (TPSA) is 92.9 Å². The molecule has 2 heterocycles. The smallest absolute Gasteiger partial charge is 0.254 e. The van der Waals surface area contributed by atoms with E-state index in [1.807, 2.05) is 12.1 Å². The molecule has 44 heavy (non-hydrogen) atoms. The van der Waals surface area contributed by atoms with Crippen molar-refractivity contribution >= 4 is 5.91 Å². The summed E-state index contributed by atoms with van der Waals surface area (Å²) in [7, 11) is 0. The highest BCUT2D eigenvalue weighted by molar-refractivity contribution is 5.94. The van der Waals surface area contributed by atoms with E-state index in [0.29, 0.717) is 30.7 Å². The Labute approximate surface area is 259 Å².